The van der Waals surface area contributed by atoms with E-state index in [9.17, 15) is 27.9 Å². The molecule has 47 heavy (non-hydrogen) atoms. The molecule has 1 aliphatic rings. The van der Waals surface area contributed by atoms with Crippen LogP contribution in [-0.4, -0.2) is 74.8 Å². The Bertz CT molecular complexity index is 1650. The number of benzene rings is 3. The third-order valence-corrected chi connectivity index (χ3v) is 10.2. The van der Waals surface area contributed by atoms with Crippen LogP contribution in [0, 0.1) is 7.14 Å². The highest BCUT2D eigenvalue weighted by Gasteiger charge is 2.28. The number of aryl methyl sites for hydroxylation is 1. The van der Waals surface area contributed by atoms with Crippen molar-refractivity contribution in [1.82, 2.24) is 26.4 Å². The van der Waals surface area contributed by atoms with Crippen LogP contribution in [0.1, 0.15) is 17.5 Å². The van der Waals surface area contributed by atoms with Crippen molar-refractivity contribution in [3.8, 4) is 5.75 Å². The maximum atomic E-state index is 13.8. The molecule has 0 aliphatic carbocycles. The van der Waals surface area contributed by atoms with Gasteiger partial charge in [-0.25, -0.2) is 18.2 Å². The first kappa shape index (κ1) is 36.6. The van der Waals surface area contributed by atoms with Gasteiger partial charge in [-0.3, -0.25) is 20.3 Å². The number of hydrogen-bond acceptors (Lipinski definition) is 9. The molecule has 0 aromatic heterocycles. The molecule has 4 rings (SSSR count). The summed E-state index contributed by atoms with van der Waals surface area (Å²) in [5.41, 5.74) is 4.23. The number of amides is 4. The number of urea groups is 1. The van der Waals surface area contributed by atoms with Crippen molar-refractivity contribution in [2.75, 3.05) is 26.3 Å². The van der Waals surface area contributed by atoms with E-state index in [4.69, 9.17) is 4.74 Å². The standard InChI is InChI=1S/C32H35I2N5O7S/c33-25-19-23(20-26(34)29(25)40)21-28(31(42)37-32(43)38-39-14-16-46-17-15-39)36-30(41)27(12-11-22-7-3-1-4-8-22)35-13-18-47(44,45)24-9-5-2-6-10-24/h1-10,13,18-20,27-28,35,40H,11-12,14-17,21H2,(H,36,41)(H2,37,38,42,43)/b18-13+/t27-,28-/m0/s1. The van der Waals surface area contributed by atoms with E-state index in [0.29, 0.717) is 45.4 Å². The summed E-state index contributed by atoms with van der Waals surface area (Å²) in [6, 6.07) is 17.9. The summed E-state index contributed by atoms with van der Waals surface area (Å²) in [5.74, 6) is -1.21. The van der Waals surface area contributed by atoms with E-state index in [1.807, 2.05) is 75.5 Å². The van der Waals surface area contributed by atoms with E-state index in [-0.39, 0.29) is 23.5 Å². The molecule has 5 N–H and O–H groups in total. The molecule has 3 aromatic rings. The van der Waals surface area contributed by atoms with Crippen LogP contribution in [0.25, 0.3) is 0 Å². The predicted molar refractivity (Wildman–Crippen MR) is 193 cm³/mol. The molecular formula is C32H35I2N5O7S. The quantitative estimate of drug-likeness (QED) is 0.162. The molecule has 15 heteroatoms. The number of phenols is 1. The summed E-state index contributed by atoms with van der Waals surface area (Å²) in [6.45, 7) is 1.77. The number of nitrogens with one attached hydrogen (secondary N) is 4. The fourth-order valence-electron chi connectivity index (χ4n) is 4.68. The molecule has 1 fully saturated rings. The van der Waals surface area contributed by atoms with Crippen LogP contribution in [0.3, 0.4) is 0 Å². The summed E-state index contributed by atoms with van der Waals surface area (Å²) in [5, 5.41) is 20.9. The van der Waals surface area contributed by atoms with Crippen LogP contribution in [0.4, 0.5) is 4.79 Å². The molecule has 0 saturated carbocycles. The Balaban J connectivity index is 1.54. The van der Waals surface area contributed by atoms with Crippen molar-refractivity contribution < 1.29 is 32.6 Å². The minimum absolute atomic E-state index is 0.0122. The summed E-state index contributed by atoms with van der Waals surface area (Å²) in [4.78, 5) is 40.1. The molecule has 1 aliphatic heterocycles. The molecule has 1 heterocycles. The molecule has 0 bridgehead atoms. The van der Waals surface area contributed by atoms with Crippen LogP contribution >= 0.6 is 45.2 Å². The Morgan fingerprint density at radius 1 is 0.894 bits per heavy atom. The average Bonchev–Trinajstić information content (AvgIpc) is 3.06. The number of carbonyl (C=O) groups is 3. The molecule has 3 aromatic carbocycles. The molecule has 0 radical (unpaired) electrons. The van der Waals surface area contributed by atoms with Gasteiger partial charge in [0.25, 0.3) is 5.91 Å². The third-order valence-electron chi connectivity index (χ3n) is 7.15. The van der Waals surface area contributed by atoms with Crippen LogP contribution in [0.15, 0.2) is 89.3 Å². The van der Waals surface area contributed by atoms with Crippen molar-refractivity contribution in [3.05, 3.63) is 103 Å². The van der Waals surface area contributed by atoms with E-state index < -0.39 is 39.8 Å². The predicted octanol–water partition coefficient (Wildman–Crippen LogP) is 3.24. The van der Waals surface area contributed by atoms with Crippen LogP contribution in [-0.2, 0) is 37.0 Å². The molecular weight excluding hydrogens is 852 g/mol. The second-order valence-corrected chi connectivity index (χ2v) is 14.8. The fraction of sp³-hybridized carbons (Fsp3) is 0.281. The summed E-state index contributed by atoms with van der Waals surface area (Å²) >= 11 is 3.96. The SMILES string of the molecule is O=C(NC(=O)[C@H](Cc1cc(I)c(O)c(I)c1)NC(=O)[C@H](CCc1ccccc1)N/C=C/S(=O)(=O)c1ccccc1)NN1CCOCC1. The van der Waals surface area contributed by atoms with Crippen molar-refractivity contribution in [2.24, 2.45) is 0 Å². The van der Waals surface area contributed by atoms with Gasteiger partial charge in [-0.1, -0.05) is 48.5 Å². The minimum atomic E-state index is -3.78. The lowest BCUT2D eigenvalue weighted by atomic mass is 10.0. The van der Waals surface area contributed by atoms with Gasteiger partial charge in [-0.15, -0.1) is 0 Å². The maximum Gasteiger partial charge on any atom is 0.336 e. The summed E-state index contributed by atoms with van der Waals surface area (Å²) in [6.07, 6.45) is 1.98. The van der Waals surface area contributed by atoms with Gasteiger partial charge in [0.2, 0.25) is 15.7 Å². The van der Waals surface area contributed by atoms with E-state index in [1.54, 1.807) is 35.3 Å². The van der Waals surface area contributed by atoms with Crippen LogP contribution in [0.5, 0.6) is 5.75 Å². The van der Waals surface area contributed by atoms with Gasteiger partial charge >= 0.3 is 6.03 Å². The zero-order valence-corrected chi connectivity index (χ0v) is 30.3. The van der Waals surface area contributed by atoms with Gasteiger partial charge in [0, 0.05) is 25.7 Å². The van der Waals surface area contributed by atoms with E-state index in [1.165, 1.54) is 18.3 Å². The number of rotatable bonds is 13. The smallest absolute Gasteiger partial charge is 0.336 e. The maximum absolute atomic E-state index is 13.8. The molecule has 250 valence electrons. The lowest BCUT2D eigenvalue weighted by Gasteiger charge is -2.27. The molecule has 2 atom stereocenters. The number of sulfone groups is 1. The van der Waals surface area contributed by atoms with Crippen molar-refractivity contribution in [3.63, 3.8) is 0 Å². The van der Waals surface area contributed by atoms with Gasteiger partial charge in [0.15, 0.2) is 0 Å². The Labute approximate surface area is 300 Å². The molecule has 0 spiro atoms. The van der Waals surface area contributed by atoms with Crippen molar-refractivity contribution >= 4 is 72.9 Å². The van der Waals surface area contributed by atoms with Gasteiger partial charge in [-0.05, 0) is 93.4 Å². The second-order valence-electron chi connectivity index (χ2n) is 10.6. The molecule has 12 nitrogen and oxygen atoms in total. The Kier molecular flexibility index (Phi) is 13.8. The first-order chi connectivity index (χ1) is 22.5. The summed E-state index contributed by atoms with van der Waals surface area (Å²) < 4.78 is 32.0. The average molecular weight is 888 g/mol. The second kappa shape index (κ2) is 17.8. The zero-order valence-electron chi connectivity index (χ0n) is 25.2. The van der Waals surface area contributed by atoms with E-state index in [0.717, 1.165) is 11.0 Å². The van der Waals surface area contributed by atoms with Gasteiger partial charge in [0.1, 0.15) is 17.8 Å². The van der Waals surface area contributed by atoms with Crippen molar-refractivity contribution in [1.29, 1.82) is 0 Å². The Morgan fingerprint density at radius 3 is 2.15 bits per heavy atom. The Hall–Kier alpha value is -3.26. The minimum Gasteiger partial charge on any atom is -0.506 e. The lowest BCUT2D eigenvalue weighted by Crippen LogP contribution is -2.57. The van der Waals surface area contributed by atoms with Crippen LogP contribution < -0.4 is 21.4 Å². The highest BCUT2D eigenvalue weighted by Crippen LogP contribution is 2.28. The highest BCUT2D eigenvalue weighted by molar-refractivity contribution is 14.1. The number of aromatic hydroxyl groups is 1. The number of phenolic OH excluding ortho intramolecular Hbond substituents is 1. The van der Waals surface area contributed by atoms with Crippen molar-refractivity contribution in [2.45, 2.75) is 36.2 Å². The first-order valence-electron chi connectivity index (χ1n) is 14.7. The number of morpholine rings is 1. The number of hydrazine groups is 1. The zero-order chi connectivity index (χ0) is 33.8. The number of halogens is 2. The number of carbonyl (C=O) groups excluding carboxylic acids is 3. The fourth-order valence-corrected chi connectivity index (χ4v) is 7.53. The van der Waals surface area contributed by atoms with Crippen LogP contribution in [0.2, 0.25) is 0 Å². The van der Waals surface area contributed by atoms with Gasteiger partial charge in [0.05, 0.1) is 30.7 Å². The largest absolute Gasteiger partial charge is 0.506 e. The molecule has 1 saturated heterocycles. The van der Waals surface area contributed by atoms with E-state index >= 15 is 0 Å². The van der Waals surface area contributed by atoms with Gasteiger partial charge < -0.3 is 20.5 Å². The molecule has 0 unspecified atom stereocenters. The topological polar surface area (TPSA) is 166 Å². The Morgan fingerprint density at radius 2 is 1.51 bits per heavy atom. The monoisotopic (exact) mass is 887 g/mol. The lowest BCUT2D eigenvalue weighted by molar-refractivity contribution is -0.129. The third kappa shape index (κ3) is 11.4. The number of ether oxygens (including phenoxy) is 1. The van der Waals surface area contributed by atoms with E-state index in [2.05, 4.69) is 21.4 Å². The van der Waals surface area contributed by atoms with Gasteiger partial charge in [-0.2, -0.15) is 0 Å². The number of nitrogens with zero attached hydrogens (tertiary/aromatic N) is 1. The first-order valence-corrected chi connectivity index (χ1v) is 18.4. The highest BCUT2D eigenvalue weighted by atomic mass is 127. The normalized spacial score (nSPS) is 15.0. The molecule has 4 amide bonds. The number of imide groups is 1. The number of hydrogen-bond donors (Lipinski definition) is 5. The summed E-state index contributed by atoms with van der Waals surface area (Å²) in [7, 11) is -3.78.